The number of amides is 1. The quantitative estimate of drug-likeness (QED) is 0.641. The third kappa shape index (κ3) is 4.55. The Hall–Kier alpha value is -2.99. The zero-order valence-corrected chi connectivity index (χ0v) is 15.1. The summed E-state index contributed by atoms with van der Waals surface area (Å²) in [7, 11) is 4.11. The first-order chi connectivity index (χ1) is 12.6. The maximum absolute atomic E-state index is 12.6. The second-order valence-corrected chi connectivity index (χ2v) is 6.35. The molecule has 3 rings (SSSR count). The summed E-state index contributed by atoms with van der Waals surface area (Å²) < 4.78 is 0. The Bertz CT molecular complexity index is 889. The number of hydrogen-bond acceptors (Lipinski definition) is 5. The van der Waals surface area contributed by atoms with E-state index in [0.717, 1.165) is 36.1 Å². The van der Waals surface area contributed by atoms with E-state index in [1.165, 1.54) is 0 Å². The van der Waals surface area contributed by atoms with Crippen LogP contribution < -0.4 is 10.6 Å². The molecule has 1 aromatic carbocycles. The molecule has 3 aromatic rings. The molecule has 0 saturated carbocycles. The van der Waals surface area contributed by atoms with Crippen LogP contribution in [-0.2, 0) is 0 Å². The molecule has 26 heavy (non-hydrogen) atoms. The van der Waals surface area contributed by atoms with Gasteiger partial charge in [-0.1, -0.05) is 18.2 Å². The van der Waals surface area contributed by atoms with Crippen LogP contribution in [0.2, 0.25) is 0 Å². The van der Waals surface area contributed by atoms with Gasteiger partial charge in [-0.15, -0.1) is 0 Å². The van der Waals surface area contributed by atoms with Gasteiger partial charge < -0.3 is 15.5 Å². The summed E-state index contributed by atoms with van der Waals surface area (Å²) in [6.45, 7) is 1.86. The molecule has 0 atom stereocenters. The maximum Gasteiger partial charge on any atom is 0.274 e. The Morgan fingerprint density at radius 2 is 1.92 bits per heavy atom. The summed E-state index contributed by atoms with van der Waals surface area (Å²) >= 11 is 0. The normalized spacial score (nSPS) is 10.9. The monoisotopic (exact) mass is 349 g/mol. The summed E-state index contributed by atoms with van der Waals surface area (Å²) in [6.07, 6.45) is 4.39. The van der Waals surface area contributed by atoms with Crippen LogP contribution in [0.25, 0.3) is 10.9 Å². The Balaban J connectivity index is 1.69. The molecule has 0 aliphatic rings. The number of fused-ring (bicyclic) bond motifs is 1. The zero-order chi connectivity index (χ0) is 18.4. The van der Waals surface area contributed by atoms with Gasteiger partial charge in [0, 0.05) is 30.0 Å². The molecule has 0 saturated heterocycles. The first kappa shape index (κ1) is 17.8. The van der Waals surface area contributed by atoms with Crippen LogP contribution in [0, 0.1) is 0 Å². The van der Waals surface area contributed by atoms with Crippen LogP contribution in [0.4, 0.5) is 11.4 Å². The minimum Gasteiger partial charge on any atom is -0.385 e. The predicted molar refractivity (Wildman–Crippen MR) is 106 cm³/mol. The lowest BCUT2D eigenvalue weighted by molar-refractivity contribution is 0.102. The van der Waals surface area contributed by atoms with Crippen molar-refractivity contribution in [2.45, 2.75) is 6.42 Å². The highest BCUT2D eigenvalue weighted by Crippen LogP contribution is 2.21. The molecular weight excluding hydrogens is 326 g/mol. The summed E-state index contributed by atoms with van der Waals surface area (Å²) in [4.78, 5) is 23.3. The summed E-state index contributed by atoms with van der Waals surface area (Å²) in [5.74, 6) is -0.250. The molecule has 2 N–H and O–H groups in total. The van der Waals surface area contributed by atoms with Gasteiger partial charge in [-0.2, -0.15) is 0 Å². The first-order valence-corrected chi connectivity index (χ1v) is 8.63. The number of carbonyl (C=O) groups is 1. The van der Waals surface area contributed by atoms with Crippen LogP contribution in [0.5, 0.6) is 0 Å². The van der Waals surface area contributed by atoms with Crippen molar-refractivity contribution in [3.63, 3.8) is 0 Å². The lowest BCUT2D eigenvalue weighted by atomic mass is 10.2. The predicted octanol–water partition coefficient (Wildman–Crippen LogP) is 3.25. The number of carbonyl (C=O) groups excluding carboxylic acids is 1. The van der Waals surface area contributed by atoms with Crippen molar-refractivity contribution in [2.75, 3.05) is 37.8 Å². The van der Waals surface area contributed by atoms with Crippen LogP contribution in [0.1, 0.15) is 16.9 Å². The molecular formula is C20H23N5O. The largest absolute Gasteiger partial charge is 0.385 e. The van der Waals surface area contributed by atoms with Crippen molar-refractivity contribution in [1.82, 2.24) is 14.9 Å². The van der Waals surface area contributed by atoms with Gasteiger partial charge in [0.2, 0.25) is 0 Å². The number of anilines is 2. The Morgan fingerprint density at radius 3 is 2.77 bits per heavy atom. The molecule has 134 valence electrons. The fourth-order valence-corrected chi connectivity index (χ4v) is 2.68. The highest BCUT2D eigenvalue weighted by molar-refractivity contribution is 6.07. The summed E-state index contributed by atoms with van der Waals surface area (Å²) in [6, 6.07) is 13.2. The van der Waals surface area contributed by atoms with Gasteiger partial charge in [0.1, 0.15) is 5.69 Å². The van der Waals surface area contributed by atoms with E-state index in [1.807, 2.05) is 36.4 Å². The summed E-state index contributed by atoms with van der Waals surface area (Å²) in [5, 5.41) is 7.22. The number of nitrogens with one attached hydrogen (secondary N) is 2. The molecule has 6 heteroatoms. The third-order valence-corrected chi connectivity index (χ3v) is 3.98. The molecule has 2 heterocycles. The summed E-state index contributed by atoms with van der Waals surface area (Å²) in [5.41, 5.74) is 2.70. The van der Waals surface area contributed by atoms with Crippen LogP contribution >= 0.6 is 0 Å². The van der Waals surface area contributed by atoms with Gasteiger partial charge in [0.25, 0.3) is 5.91 Å². The molecule has 0 bridgehead atoms. The topological polar surface area (TPSA) is 70.2 Å². The number of pyridine rings is 2. The Labute approximate surface area is 153 Å². The van der Waals surface area contributed by atoms with Crippen LogP contribution in [0.15, 0.2) is 54.9 Å². The number of rotatable bonds is 7. The van der Waals surface area contributed by atoms with Gasteiger partial charge >= 0.3 is 0 Å². The SMILES string of the molecule is CN(C)CCCNc1ccnc(C(=O)Nc2cccc3cccnc23)c1. The van der Waals surface area contributed by atoms with E-state index in [4.69, 9.17) is 0 Å². The Morgan fingerprint density at radius 1 is 1.08 bits per heavy atom. The number of benzene rings is 1. The molecule has 2 aromatic heterocycles. The highest BCUT2D eigenvalue weighted by Gasteiger charge is 2.11. The molecule has 0 aliphatic carbocycles. The molecule has 0 radical (unpaired) electrons. The molecule has 0 unspecified atom stereocenters. The van der Waals surface area contributed by atoms with Crippen molar-refractivity contribution in [1.29, 1.82) is 0 Å². The minimum absolute atomic E-state index is 0.250. The van der Waals surface area contributed by atoms with Gasteiger partial charge in [-0.3, -0.25) is 14.8 Å². The third-order valence-electron chi connectivity index (χ3n) is 3.98. The fourth-order valence-electron chi connectivity index (χ4n) is 2.68. The first-order valence-electron chi connectivity index (χ1n) is 8.63. The lowest BCUT2D eigenvalue weighted by Gasteiger charge is -2.11. The van der Waals surface area contributed by atoms with Crippen LogP contribution in [-0.4, -0.2) is 48.0 Å². The number of nitrogens with zero attached hydrogens (tertiary/aromatic N) is 3. The number of aromatic nitrogens is 2. The van der Waals surface area contributed by atoms with Gasteiger partial charge in [-0.05, 0) is 51.3 Å². The second-order valence-electron chi connectivity index (χ2n) is 6.35. The zero-order valence-electron chi connectivity index (χ0n) is 15.1. The molecule has 0 aliphatic heterocycles. The Kier molecular flexibility index (Phi) is 5.76. The lowest BCUT2D eigenvalue weighted by Crippen LogP contribution is -2.17. The van der Waals surface area contributed by atoms with Gasteiger partial charge in [-0.25, -0.2) is 0 Å². The minimum atomic E-state index is -0.250. The van der Waals surface area contributed by atoms with E-state index in [9.17, 15) is 4.79 Å². The van der Waals surface area contributed by atoms with Gasteiger partial charge in [0.15, 0.2) is 0 Å². The van der Waals surface area contributed by atoms with Crippen molar-refractivity contribution in [3.8, 4) is 0 Å². The van der Waals surface area contributed by atoms with E-state index in [2.05, 4.69) is 39.6 Å². The van der Waals surface area contributed by atoms with E-state index < -0.39 is 0 Å². The standard InChI is InChI=1S/C20H23N5O/c1-25(2)13-5-11-21-16-9-12-22-18(14-16)20(26)24-17-8-3-6-15-7-4-10-23-19(15)17/h3-4,6-10,12,14H,5,11,13H2,1-2H3,(H,21,22)(H,24,26). The van der Waals surface area contributed by atoms with Gasteiger partial charge in [0.05, 0.1) is 11.2 Å². The number of para-hydroxylation sites is 1. The molecule has 0 spiro atoms. The van der Waals surface area contributed by atoms with Crippen LogP contribution in [0.3, 0.4) is 0 Å². The van der Waals surface area contributed by atoms with E-state index >= 15 is 0 Å². The fraction of sp³-hybridized carbons (Fsp3) is 0.250. The average molecular weight is 349 g/mol. The number of hydrogen-bond donors (Lipinski definition) is 2. The second kappa shape index (κ2) is 8.40. The van der Waals surface area contributed by atoms with Crippen molar-refractivity contribution in [3.05, 3.63) is 60.6 Å². The van der Waals surface area contributed by atoms with E-state index in [-0.39, 0.29) is 5.91 Å². The smallest absolute Gasteiger partial charge is 0.274 e. The van der Waals surface area contributed by atoms with Crippen molar-refractivity contribution in [2.24, 2.45) is 0 Å². The average Bonchev–Trinajstić information content (AvgIpc) is 2.66. The van der Waals surface area contributed by atoms with E-state index in [0.29, 0.717) is 11.4 Å². The molecule has 6 nitrogen and oxygen atoms in total. The molecule has 1 amide bonds. The molecule has 0 fully saturated rings. The highest BCUT2D eigenvalue weighted by atomic mass is 16.1. The maximum atomic E-state index is 12.6. The van der Waals surface area contributed by atoms with Crippen molar-refractivity contribution >= 4 is 28.2 Å². The van der Waals surface area contributed by atoms with E-state index in [1.54, 1.807) is 18.5 Å². The van der Waals surface area contributed by atoms with Crippen molar-refractivity contribution < 1.29 is 4.79 Å².